The normalized spacial score (nSPS) is 11.1. The van der Waals surface area contributed by atoms with E-state index in [0.717, 1.165) is 30.7 Å². The first-order valence-corrected chi connectivity index (χ1v) is 9.93. The van der Waals surface area contributed by atoms with E-state index in [1.165, 1.54) is 18.2 Å². The molecule has 1 heterocycles. The molecule has 0 unspecified atom stereocenters. The smallest absolute Gasteiger partial charge is 0.270 e. The standard InChI is InChI=1S/C21H26N6O3/c1-4-25(5-2)12-13-26-19-9-7-6-8-18(19)23-21(26)24-20(28)16-14-15(27(29)30)10-11-17(16)22-3/h6-11,14,22H,4-5,12-13H2,1-3H3,(H,23,24,28). The van der Waals surface area contributed by atoms with Crippen LogP contribution in [0, 0.1) is 10.1 Å². The molecule has 0 saturated heterocycles. The zero-order chi connectivity index (χ0) is 21.7. The number of para-hydroxylation sites is 2. The Balaban J connectivity index is 1.95. The summed E-state index contributed by atoms with van der Waals surface area (Å²) in [5.74, 6) is -0.0376. The van der Waals surface area contributed by atoms with E-state index in [2.05, 4.69) is 34.4 Å². The lowest BCUT2D eigenvalue weighted by Crippen LogP contribution is -2.27. The zero-order valence-corrected chi connectivity index (χ0v) is 17.4. The number of fused-ring (bicyclic) bond motifs is 1. The quantitative estimate of drug-likeness (QED) is 0.413. The topological polar surface area (TPSA) is 105 Å². The lowest BCUT2D eigenvalue weighted by molar-refractivity contribution is -0.384. The van der Waals surface area contributed by atoms with Crippen molar-refractivity contribution < 1.29 is 9.72 Å². The van der Waals surface area contributed by atoms with Gasteiger partial charge in [-0.1, -0.05) is 26.0 Å². The molecule has 0 radical (unpaired) electrons. The maximum atomic E-state index is 13.0. The molecular formula is C21H26N6O3. The van der Waals surface area contributed by atoms with Gasteiger partial charge in [0.15, 0.2) is 0 Å². The highest BCUT2D eigenvalue weighted by atomic mass is 16.6. The Hall–Kier alpha value is -3.46. The Bertz CT molecular complexity index is 1060. The van der Waals surface area contributed by atoms with Gasteiger partial charge in [0.05, 0.1) is 21.5 Å². The molecule has 9 heteroatoms. The summed E-state index contributed by atoms with van der Waals surface area (Å²) in [5.41, 5.74) is 2.25. The minimum atomic E-state index is -0.518. The third-order valence-corrected chi connectivity index (χ3v) is 5.14. The van der Waals surface area contributed by atoms with Crippen LogP contribution in [0.5, 0.6) is 0 Å². The summed E-state index contributed by atoms with van der Waals surface area (Å²) >= 11 is 0. The van der Waals surface area contributed by atoms with Crippen LogP contribution < -0.4 is 10.6 Å². The molecule has 0 aliphatic carbocycles. The summed E-state index contributed by atoms with van der Waals surface area (Å²) in [6.07, 6.45) is 0. The highest BCUT2D eigenvalue weighted by molar-refractivity contribution is 6.08. The van der Waals surface area contributed by atoms with E-state index < -0.39 is 10.8 Å². The second-order valence-electron chi connectivity index (χ2n) is 6.79. The maximum Gasteiger partial charge on any atom is 0.270 e. The molecule has 3 aromatic rings. The maximum absolute atomic E-state index is 13.0. The molecule has 9 nitrogen and oxygen atoms in total. The van der Waals surface area contributed by atoms with E-state index in [-0.39, 0.29) is 11.3 Å². The Morgan fingerprint density at radius 3 is 2.60 bits per heavy atom. The van der Waals surface area contributed by atoms with Crippen LogP contribution in [0.15, 0.2) is 42.5 Å². The second kappa shape index (κ2) is 9.36. The van der Waals surface area contributed by atoms with Gasteiger partial charge in [-0.2, -0.15) is 0 Å². The SMILES string of the molecule is CCN(CC)CCn1c(NC(=O)c2cc([N+](=O)[O-])ccc2NC)nc2ccccc21. The number of anilines is 2. The highest BCUT2D eigenvalue weighted by Crippen LogP contribution is 2.24. The summed E-state index contributed by atoms with van der Waals surface area (Å²) in [6.45, 7) is 7.56. The van der Waals surface area contributed by atoms with E-state index >= 15 is 0 Å². The Kier molecular flexibility index (Phi) is 6.63. The molecule has 0 bridgehead atoms. The van der Waals surface area contributed by atoms with Gasteiger partial charge < -0.3 is 14.8 Å². The van der Waals surface area contributed by atoms with Crippen molar-refractivity contribution in [1.82, 2.24) is 14.5 Å². The average molecular weight is 410 g/mol. The molecule has 1 aromatic heterocycles. The van der Waals surface area contributed by atoms with Crippen molar-refractivity contribution >= 4 is 34.3 Å². The highest BCUT2D eigenvalue weighted by Gasteiger charge is 2.19. The molecule has 2 aromatic carbocycles. The first-order chi connectivity index (χ1) is 14.5. The first-order valence-electron chi connectivity index (χ1n) is 9.93. The minimum absolute atomic E-state index is 0.144. The number of likely N-dealkylation sites (N-methyl/N-ethyl adjacent to an activating group) is 1. The van der Waals surface area contributed by atoms with Crippen LogP contribution in [-0.2, 0) is 6.54 Å². The number of benzene rings is 2. The summed E-state index contributed by atoms with van der Waals surface area (Å²) < 4.78 is 1.97. The summed E-state index contributed by atoms with van der Waals surface area (Å²) in [7, 11) is 1.66. The van der Waals surface area contributed by atoms with E-state index in [4.69, 9.17) is 0 Å². The molecule has 158 valence electrons. The van der Waals surface area contributed by atoms with Crippen molar-refractivity contribution in [3.63, 3.8) is 0 Å². The number of nitro benzene ring substituents is 1. The number of carbonyl (C=O) groups is 1. The molecule has 30 heavy (non-hydrogen) atoms. The number of nitro groups is 1. The molecular weight excluding hydrogens is 384 g/mol. The number of carbonyl (C=O) groups excluding carboxylic acids is 1. The molecule has 0 atom stereocenters. The summed E-state index contributed by atoms with van der Waals surface area (Å²) in [5, 5.41) is 16.9. The summed E-state index contributed by atoms with van der Waals surface area (Å²) in [4.78, 5) is 30.5. The monoisotopic (exact) mass is 410 g/mol. The molecule has 1 amide bonds. The number of aromatic nitrogens is 2. The molecule has 0 spiro atoms. The number of nitrogens with zero attached hydrogens (tertiary/aromatic N) is 4. The van der Waals surface area contributed by atoms with Crippen molar-refractivity contribution in [3.05, 3.63) is 58.1 Å². The van der Waals surface area contributed by atoms with Gasteiger partial charge >= 0.3 is 0 Å². The molecule has 3 rings (SSSR count). The van der Waals surface area contributed by atoms with Crippen molar-refractivity contribution in [2.24, 2.45) is 0 Å². The lowest BCUT2D eigenvalue weighted by atomic mass is 10.1. The molecule has 0 aliphatic rings. The Morgan fingerprint density at radius 1 is 1.20 bits per heavy atom. The van der Waals surface area contributed by atoms with E-state index in [1.54, 1.807) is 7.05 Å². The number of hydrogen-bond donors (Lipinski definition) is 2. The van der Waals surface area contributed by atoms with E-state index in [1.807, 2.05) is 28.8 Å². The fourth-order valence-electron chi connectivity index (χ4n) is 3.40. The second-order valence-corrected chi connectivity index (χ2v) is 6.79. The predicted molar refractivity (Wildman–Crippen MR) is 118 cm³/mol. The third-order valence-electron chi connectivity index (χ3n) is 5.14. The Morgan fingerprint density at radius 2 is 1.93 bits per heavy atom. The van der Waals surface area contributed by atoms with Gasteiger partial charge in [-0.25, -0.2) is 4.98 Å². The molecule has 0 fully saturated rings. The average Bonchev–Trinajstić information content (AvgIpc) is 3.10. The van der Waals surface area contributed by atoms with Gasteiger partial charge in [0.25, 0.3) is 11.6 Å². The number of non-ortho nitro benzene ring substituents is 1. The predicted octanol–water partition coefficient (Wildman–Crippen LogP) is 3.58. The van der Waals surface area contributed by atoms with Gasteiger partial charge in [0.1, 0.15) is 0 Å². The number of rotatable bonds is 9. The van der Waals surface area contributed by atoms with Crippen molar-refractivity contribution in [3.8, 4) is 0 Å². The lowest BCUT2D eigenvalue weighted by Gasteiger charge is -2.19. The van der Waals surface area contributed by atoms with Crippen molar-refractivity contribution in [2.45, 2.75) is 20.4 Å². The van der Waals surface area contributed by atoms with Crippen LogP contribution in [0.2, 0.25) is 0 Å². The molecule has 2 N–H and O–H groups in total. The Labute approximate surface area is 174 Å². The van der Waals surface area contributed by atoms with Crippen LogP contribution in [-0.4, -0.2) is 52.0 Å². The van der Waals surface area contributed by atoms with Crippen LogP contribution in [0.3, 0.4) is 0 Å². The van der Waals surface area contributed by atoms with Gasteiger partial charge in [0.2, 0.25) is 5.95 Å². The first kappa shape index (κ1) is 21.3. The number of imidazole rings is 1. The van der Waals surface area contributed by atoms with E-state index in [9.17, 15) is 14.9 Å². The van der Waals surface area contributed by atoms with Gasteiger partial charge in [-0.3, -0.25) is 20.2 Å². The van der Waals surface area contributed by atoms with Gasteiger partial charge in [0, 0.05) is 38.0 Å². The molecule has 0 saturated carbocycles. The van der Waals surface area contributed by atoms with Gasteiger partial charge in [-0.05, 0) is 31.3 Å². The van der Waals surface area contributed by atoms with Crippen LogP contribution in [0.1, 0.15) is 24.2 Å². The van der Waals surface area contributed by atoms with Crippen LogP contribution in [0.4, 0.5) is 17.3 Å². The van der Waals surface area contributed by atoms with Crippen molar-refractivity contribution in [1.29, 1.82) is 0 Å². The molecule has 0 aliphatic heterocycles. The number of nitrogens with one attached hydrogen (secondary N) is 2. The fourth-order valence-corrected chi connectivity index (χ4v) is 3.40. The number of hydrogen-bond acceptors (Lipinski definition) is 6. The zero-order valence-electron chi connectivity index (χ0n) is 17.4. The fraction of sp³-hybridized carbons (Fsp3) is 0.333. The van der Waals surface area contributed by atoms with Crippen LogP contribution in [0.25, 0.3) is 11.0 Å². The van der Waals surface area contributed by atoms with Crippen molar-refractivity contribution in [2.75, 3.05) is 37.3 Å². The summed E-state index contributed by atoms with van der Waals surface area (Å²) in [6, 6.07) is 11.8. The number of amides is 1. The third kappa shape index (κ3) is 4.41. The van der Waals surface area contributed by atoms with E-state index in [0.29, 0.717) is 18.2 Å². The largest absolute Gasteiger partial charge is 0.387 e. The van der Waals surface area contributed by atoms with Gasteiger partial charge in [-0.15, -0.1) is 0 Å². The van der Waals surface area contributed by atoms with Crippen LogP contribution >= 0.6 is 0 Å². The minimum Gasteiger partial charge on any atom is -0.387 e.